The molecule has 7 heteroatoms. The normalized spacial score (nSPS) is 14.9. The third-order valence-electron chi connectivity index (χ3n) is 4.16. The van der Waals surface area contributed by atoms with Gasteiger partial charge in [0.2, 0.25) is 10.0 Å². The molecule has 0 bridgehead atoms. The first-order chi connectivity index (χ1) is 10.4. The molecule has 1 heterocycles. The smallest absolute Gasteiger partial charge is 0.238 e. The van der Waals surface area contributed by atoms with E-state index < -0.39 is 10.0 Å². The zero-order chi connectivity index (χ0) is 15.9. The lowest BCUT2D eigenvalue weighted by molar-refractivity contribution is 0.281. The van der Waals surface area contributed by atoms with E-state index in [1.54, 1.807) is 6.07 Å². The number of benzene rings is 1. The van der Waals surface area contributed by atoms with E-state index in [0.717, 1.165) is 37.1 Å². The first-order valence-corrected chi connectivity index (χ1v) is 8.81. The van der Waals surface area contributed by atoms with Crippen molar-refractivity contribution in [1.29, 1.82) is 0 Å². The first kappa shape index (κ1) is 15.2. The Morgan fingerprint density at radius 2 is 2.05 bits per heavy atom. The quantitative estimate of drug-likeness (QED) is 0.887. The second-order valence-corrected chi connectivity index (χ2v) is 7.18. The number of nitrogens with two attached hydrogens (primary N) is 1. The van der Waals surface area contributed by atoms with Gasteiger partial charge in [-0.25, -0.2) is 18.2 Å². The summed E-state index contributed by atoms with van der Waals surface area (Å²) in [6.07, 6.45) is 4.24. The maximum atomic E-state index is 11.5. The molecule has 1 aromatic heterocycles. The van der Waals surface area contributed by atoms with E-state index >= 15 is 0 Å². The number of aromatic nitrogens is 2. The lowest BCUT2D eigenvalue weighted by atomic mass is 9.96. The van der Waals surface area contributed by atoms with E-state index in [0.29, 0.717) is 11.3 Å². The van der Waals surface area contributed by atoms with E-state index in [4.69, 9.17) is 5.14 Å². The largest absolute Gasteiger partial charge is 0.392 e. The number of nitrogens with zero attached hydrogens (tertiary/aromatic N) is 2. The van der Waals surface area contributed by atoms with E-state index in [2.05, 4.69) is 5.10 Å². The molecule has 0 fully saturated rings. The van der Waals surface area contributed by atoms with E-state index in [1.807, 2.05) is 11.6 Å². The summed E-state index contributed by atoms with van der Waals surface area (Å²) in [7, 11) is -3.79. The average molecular weight is 321 g/mol. The highest BCUT2D eigenvalue weighted by Gasteiger charge is 2.21. The molecular weight excluding hydrogens is 302 g/mol. The van der Waals surface area contributed by atoms with Crippen molar-refractivity contribution in [2.75, 3.05) is 0 Å². The van der Waals surface area contributed by atoms with Crippen molar-refractivity contribution in [1.82, 2.24) is 9.78 Å². The molecule has 2 aromatic rings. The molecular formula is C15H19N3O3S. The number of sulfonamides is 1. The first-order valence-electron chi connectivity index (χ1n) is 7.26. The van der Waals surface area contributed by atoms with Gasteiger partial charge < -0.3 is 5.11 Å². The molecule has 22 heavy (non-hydrogen) atoms. The Hall–Kier alpha value is -1.70. The summed E-state index contributed by atoms with van der Waals surface area (Å²) in [6, 6.07) is 4.53. The average Bonchev–Trinajstić information content (AvgIpc) is 2.83. The van der Waals surface area contributed by atoms with Crippen LogP contribution in [-0.2, 0) is 29.5 Å². The summed E-state index contributed by atoms with van der Waals surface area (Å²) in [5.41, 5.74) is 4.63. The number of aliphatic hydroxyl groups is 1. The second-order valence-electron chi connectivity index (χ2n) is 5.62. The molecule has 0 unspecified atom stereocenters. The number of rotatable bonds is 3. The van der Waals surface area contributed by atoms with Gasteiger partial charge in [0, 0.05) is 11.3 Å². The molecule has 1 aromatic carbocycles. The number of aliphatic hydroxyl groups excluding tert-OH is 1. The number of fused-ring (bicyclic) bond motifs is 1. The molecule has 6 nitrogen and oxygen atoms in total. The third kappa shape index (κ3) is 2.55. The lowest BCUT2D eigenvalue weighted by Crippen LogP contribution is -2.14. The molecule has 0 atom stereocenters. The number of primary sulfonamides is 1. The molecule has 0 amide bonds. The van der Waals surface area contributed by atoms with Gasteiger partial charge in [-0.05, 0) is 56.4 Å². The van der Waals surface area contributed by atoms with Gasteiger partial charge >= 0.3 is 0 Å². The highest BCUT2D eigenvalue weighted by Crippen LogP contribution is 2.28. The van der Waals surface area contributed by atoms with Crippen LogP contribution >= 0.6 is 0 Å². The lowest BCUT2D eigenvalue weighted by Gasteiger charge is -2.16. The number of aryl methyl sites for hydroxylation is 1. The highest BCUT2D eigenvalue weighted by molar-refractivity contribution is 7.89. The van der Waals surface area contributed by atoms with Gasteiger partial charge in [-0.2, -0.15) is 5.10 Å². The summed E-state index contributed by atoms with van der Waals surface area (Å²) in [5.74, 6) is 0. The Balaban J connectivity index is 2.17. The second kappa shape index (κ2) is 5.49. The molecule has 1 aliphatic rings. The number of hydrogen-bond donors (Lipinski definition) is 2. The third-order valence-corrected chi connectivity index (χ3v) is 5.07. The van der Waals surface area contributed by atoms with Gasteiger partial charge in [0.05, 0.1) is 22.9 Å². The van der Waals surface area contributed by atoms with Crippen LogP contribution in [0.15, 0.2) is 23.1 Å². The maximum absolute atomic E-state index is 11.5. The van der Waals surface area contributed by atoms with Crippen LogP contribution in [0.4, 0.5) is 0 Å². The van der Waals surface area contributed by atoms with Gasteiger partial charge in [-0.15, -0.1) is 0 Å². The Labute approximate surface area is 129 Å². The van der Waals surface area contributed by atoms with Crippen LogP contribution in [0, 0.1) is 6.92 Å². The predicted octanol–water partition coefficient (Wildman–Crippen LogP) is 1.20. The fourth-order valence-corrected chi connectivity index (χ4v) is 3.62. The topological polar surface area (TPSA) is 98.2 Å². The van der Waals surface area contributed by atoms with Crippen LogP contribution in [0.1, 0.15) is 35.4 Å². The van der Waals surface area contributed by atoms with Crippen molar-refractivity contribution in [3.63, 3.8) is 0 Å². The van der Waals surface area contributed by atoms with E-state index in [-0.39, 0.29) is 11.5 Å². The van der Waals surface area contributed by atoms with Gasteiger partial charge in [-0.1, -0.05) is 0 Å². The van der Waals surface area contributed by atoms with Crippen molar-refractivity contribution >= 4 is 10.0 Å². The zero-order valence-corrected chi connectivity index (χ0v) is 13.2. The van der Waals surface area contributed by atoms with E-state index in [1.165, 1.54) is 17.7 Å². The highest BCUT2D eigenvalue weighted by atomic mass is 32.2. The fourth-order valence-electron chi connectivity index (χ4n) is 3.05. The molecule has 0 saturated carbocycles. The summed E-state index contributed by atoms with van der Waals surface area (Å²) >= 11 is 0. The molecule has 0 spiro atoms. The monoisotopic (exact) mass is 321 g/mol. The van der Waals surface area contributed by atoms with Crippen LogP contribution in [0.25, 0.3) is 5.69 Å². The Bertz CT molecular complexity index is 825. The molecule has 118 valence electrons. The molecule has 3 rings (SSSR count). The molecule has 0 saturated heterocycles. The van der Waals surface area contributed by atoms with Gasteiger partial charge in [0.25, 0.3) is 0 Å². The number of hydrogen-bond acceptors (Lipinski definition) is 4. The van der Waals surface area contributed by atoms with Crippen molar-refractivity contribution in [2.45, 2.75) is 44.1 Å². The molecule has 1 aliphatic carbocycles. The zero-order valence-electron chi connectivity index (χ0n) is 12.4. The summed E-state index contributed by atoms with van der Waals surface area (Å²) < 4.78 is 24.8. The van der Waals surface area contributed by atoms with E-state index in [9.17, 15) is 13.5 Å². The van der Waals surface area contributed by atoms with Crippen LogP contribution in [0.5, 0.6) is 0 Å². The van der Waals surface area contributed by atoms with Gasteiger partial charge in [0.1, 0.15) is 0 Å². The summed E-state index contributed by atoms with van der Waals surface area (Å²) in [6.45, 7) is 1.71. The van der Waals surface area contributed by atoms with Crippen LogP contribution in [0.3, 0.4) is 0 Å². The van der Waals surface area contributed by atoms with Gasteiger partial charge in [-0.3, -0.25) is 0 Å². The summed E-state index contributed by atoms with van der Waals surface area (Å²) in [4.78, 5) is -0.00181. The van der Waals surface area contributed by atoms with Crippen LogP contribution in [-0.4, -0.2) is 23.3 Å². The maximum Gasteiger partial charge on any atom is 0.238 e. The van der Waals surface area contributed by atoms with Crippen molar-refractivity contribution in [2.24, 2.45) is 5.14 Å². The Morgan fingerprint density at radius 1 is 1.32 bits per heavy atom. The fraction of sp³-hybridized carbons (Fsp3) is 0.400. The minimum absolute atomic E-state index is 0.00181. The standard InChI is InChI=1S/C15H19N3O3S/c1-10-13-4-2-3-5-15(13)18(17-10)14-7-6-12(22(16,20)21)8-11(14)9-19/h6-8,19H,2-5,9H2,1H3,(H2,16,20,21). The summed E-state index contributed by atoms with van der Waals surface area (Å²) in [5, 5.41) is 19.3. The van der Waals surface area contributed by atoms with Crippen LogP contribution < -0.4 is 5.14 Å². The Morgan fingerprint density at radius 3 is 2.73 bits per heavy atom. The van der Waals surface area contributed by atoms with Gasteiger partial charge in [0.15, 0.2) is 0 Å². The Kier molecular flexibility index (Phi) is 3.80. The molecule has 0 aliphatic heterocycles. The SMILES string of the molecule is Cc1nn(-c2ccc(S(N)(=O)=O)cc2CO)c2c1CCCC2. The van der Waals surface area contributed by atoms with Crippen molar-refractivity contribution in [3.05, 3.63) is 40.7 Å². The van der Waals surface area contributed by atoms with Crippen LogP contribution in [0.2, 0.25) is 0 Å². The minimum atomic E-state index is -3.79. The van der Waals surface area contributed by atoms with Crippen molar-refractivity contribution < 1.29 is 13.5 Å². The molecule has 3 N–H and O–H groups in total. The predicted molar refractivity (Wildman–Crippen MR) is 82.2 cm³/mol. The molecule has 0 radical (unpaired) electrons. The minimum Gasteiger partial charge on any atom is -0.392 e. The van der Waals surface area contributed by atoms with Crippen molar-refractivity contribution in [3.8, 4) is 5.69 Å².